The molecule has 1 aliphatic rings. The Morgan fingerprint density at radius 2 is 1.88 bits per heavy atom. The maximum atomic E-state index is 13.2. The molecule has 3 rings (SSSR count). The van der Waals surface area contributed by atoms with Gasteiger partial charge < -0.3 is 5.32 Å². The van der Waals surface area contributed by atoms with Crippen LogP contribution >= 0.6 is 11.8 Å². The van der Waals surface area contributed by atoms with E-state index in [1.165, 1.54) is 23.9 Å². The number of aliphatic imine (C=N–C) groups is 2. The lowest BCUT2D eigenvalue weighted by Gasteiger charge is -2.07. The predicted octanol–water partition coefficient (Wildman–Crippen LogP) is 4.13. The first-order chi connectivity index (χ1) is 11.9. The molecule has 0 spiro atoms. The molecule has 0 fully saturated rings. The smallest absolute Gasteiger partial charge is 0.234 e. The van der Waals surface area contributed by atoms with Crippen LogP contribution in [0.5, 0.6) is 0 Å². The van der Waals surface area contributed by atoms with Crippen LogP contribution in [-0.2, 0) is 4.79 Å². The lowest BCUT2D eigenvalue weighted by Crippen LogP contribution is -2.17. The van der Waals surface area contributed by atoms with Gasteiger partial charge in [-0.3, -0.25) is 9.79 Å². The Labute approximate surface area is 150 Å². The summed E-state index contributed by atoms with van der Waals surface area (Å²) in [7, 11) is 0. The molecule has 128 valence electrons. The van der Waals surface area contributed by atoms with Gasteiger partial charge in [0.1, 0.15) is 16.5 Å². The summed E-state index contributed by atoms with van der Waals surface area (Å²) in [6.45, 7) is 3.85. The molecule has 2 aromatic carbocycles. The maximum absolute atomic E-state index is 13.2. The van der Waals surface area contributed by atoms with E-state index in [1.54, 1.807) is 12.1 Å². The molecule has 0 unspecified atom stereocenters. The first-order valence-corrected chi connectivity index (χ1v) is 8.85. The SMILES string of the molecule is CC1(C)N=C(SCC(=O)Nc2cccc(F)c2)C(c2ccccc2)=N1. The fraction of sp³-hybridized carbons (Fsp3) is 0.211. The Kier molecular flexibility index (Phi) is 4.99. The van der Waals surface area contributed by atoms with Crippen LogP contribution in [0, 0.1) is 5.82 Å². The van der Waals surface area contributed by atoms with E-state index < -0.39 is 5.66 Å². The zero-order valence-electron chi connectivity index (χ0n) is 14.0. The number of hydrogen-bond acceptors (Lipinski definition) is 4. The monoisotopic (exact) mass is 355 g/mol. The summed E-state index contributed by atoms with van der Waals surface area (Å²) in [6.07, 6.45) is 0. The summed E-state index contributed by atoms with van der Waals surface area (Å²) in [6, 6.07) is 15.6. The molecule has 0 aliphatic carbocycles. The fourth-order valence-corrected chi connectivity index (χ4v) is 3.36. The molecular formula is C19H18FN3OS. The molecule has 0 aromatic heterocycles. The molecule has 6 heteroatoms. The van der Waals surface area contributed by atoms with E-state index in [2.05, 4.69) is 15.3 Å². The fourth-order valence-electron chi connectivity index (χ4n) is 2.43. The van der Waals surface area contributed by atoms with Crippen LogP contribution in [-0.4, -0.2) is 28.1 Å². The van der Waals surface area contributed by atoms with Crippen molar-refractivity contribution in [3.05, 3.63) is 66.0 Å². The van der Waals surface area contributed by atoms with E-state index in [0.29, 0.717) is 5.69 Å². The third-order valence-corrected chi connectivity index (χ3v) is 4.42. The third-order valence-electron chi connectivity index (χ3n) is 3.46. The van der Waals surface area contributed by atoms with Gasteiger partial charge in [-0.25, -0.2) is 9.38 Å². The van der Waals surface area contributed by atoms with Crippen LogP contribution in [0.25, 0.3) is 0 Å². The van der Waals surface area contributed by atoms with Crippen LogP contribution in [0.4, 0.5) is 10.1 Å². The highest BCUT2D eigenvalue weighted by Crippen LogP contribution is 2.26. The number of nitrogens with one attached hydrogen (secondary N) is 1. The van der Waals surface area contributed by atoms with Crippen LogP contribution in [0.2, 0.25) is 0 Å². The van der Waals surface area contributed by atoms with Gasteiger partial charge in [0.15, 0.2) is 0 Å². The molecule has 4 nitrogen and oxygen atoms in total. The quantitative estimate of drug-likeness (QED) is 0.896. The van der Waals surface area contributed by atoms with Crippen molar-refractivity contribution in [3.63, 3.8) is 0 Å². The lowest BCUT2D eigenvalue weighted by atomic mass is 10.1. The number of hydrogen-bond donors (Lipinski definition) is 1. The Hall–Kier alpha value is -2.47. The van der Waals surface area contributed by atoms with Gasteiger partial charge in [-0.1, -0.05) is 48.2 Å². The highest BCUT2D eigenvalue weighted by molar-refractivity contribution is 8.16. The summed E-state index contributed by atoms with van der Waals surface area (Å²) in [5.41, 5.74) is 1.68. The number of rotatable bonds is 4. The molecule has 0 saturated carbocycles. The van der Waals surface area contributed by atoms with Gasteiger partial charge >= 0.3 is 0 Å². The van der Waals surface area contributed by atoms with E-state index in [1.807, 2.05) is 44.2 Å². The molecule has 1 N–H and O–H groups in total. The summed E-state index contributed by atoms with van der Waals surface area (Å²) in [5.74, 6) is -0.418. The zero-order valence-corrected chi connectivity index (χ0v) is 14.8. The summed E-state index contributed by atoms with van der Waals surface area (Å²) >= 11 is 1.33. The molecule has 25 heavy (non-hydrogen) atoms. The van der Waals surface area contributed by atoms with Crippen molar-refractivity contribution in [3.8, 4) is 0 Å². The van der Waals surface area contributed by atoms with E-state index in [-0.39, 0.29) is 17.5 Å². The summed E-state index contributed by atoms with van der Waals surface area (Å²) in [4.78, 5) is 21.4. The molecule has 2 aromatic rings. The number of thioether (sulfide) groups is 1. The lowest BCUT2D eigenvalue weighted by molar-refractivity contribution is -0.113. The number of benzene rings is 2. The second-order valence-corrected chi connectivity index (χ2v) is 7.05. The largest absolute Gasteiger partial charge is 0.325 e. The third kappa shape index (κ3) is 4.54. The first-order valence-electron chi connectivity index (χ1n) is 7.87. The van der Waals surface area contributed by atoms with Gasteiger partial charge in [0.25, 0.3) is 0 Å². The molecule has 0 atom stereocenters. The van der Waals surface area contributed by atoms with Crippen LogP contribution < -0.4 is 5.32 Å². The summed E-state index contributed by atoms with van der Waals surface area (Å²) < 4.78 is 13.2. The summed E-state index contributed by atoms with van der Waals surface area (Å²) in [5, 5.41) is 3.43. The molecule has 1 aliphatic heterocycles. The Bertz CT molecular complexity index is 847. The number of carbonyl (C=O) groups is 1. The van der Waals surface area contributed by atoms with Crippen LogP contribution in [0.15, 0.2) is 64.6 Å². The minimum atomic E-state index is -0.535. The zero-order chi connectivity index (χ0) is 17.9. The van der Waals surface area contributed by atoms with Crippen LogP contribution in [0.3, 0.4) is 0 Å². The number of amides is 1. The average Bonchev–Trinajstić information content (AvgIpc) is 2.89. The van der Waals surface area contributed by atoms with Gasteiger partial charge in [-0.2, -0.15) is 0 Å². The Morgan fingerprint density at radius 3 is 2.60 bits per heavy atom. The van der Waals surface area contributed by atoms with Crippen molar-refractivity contribution in [2.75, 3.05) is 11.1 Å². The van der Waals surface area contributed by atoms with Crippen LogP contribution in [0.1, 0.15) is 19.4 Å². The van der Waals surface area contributed by atoms with E-state index >= 15 is 0 Å². The van der Waals surface area contributed by atoms with Crippen molar-refractivity contribution in [2.24, 2.45) is 9.98 Å². The molecular weight excluding hydrogens is 337 g/mol. The first kappa shape index (κ1) is 17.4. The van der Waals surface area contributed by atoms with Gasteiger partial charge in [0.05, 0.1) is 11.5 Å². The second-order valence-electron chi connectivity index (χ2n) is 6.09. The Morgan fingerprint density at radius 1 is 1.12 bits per heavy atom. The van der Waals surface area contributed by atoms with Crippen molar-refractivity contribution >= 4 is 34.1 Å². The normalized spacial score (nSPS) is 15.5. The van der Waals surface area contributed by atoms with Crippen molar-refractivity contribution < 1.29 is 9.18 Å². The van der Waals surface area contributed by atoms with Gasteiger partial charge in [-0.15, -0.1) is 0 Å². The van der Waals surface area contributed by atoms with Crippen molar-refractivity contribution in [2.45, 2.75) is 19.5 Å². The predicted molar refractivity (Wildman–Crippen MR) is 102 cm³/mol. The minimum Gasteiger partial charge on any atom is -0.325 e. The number of carbonyl (C=O) groups excluding carboxylic acids is 1. The number of halogens is 1. The highest BCUT2D eigenvalue weighted by atomic mass is 32.2. The number of nitrogens with zero attached hydrogens (tertiary/aromatic N) is 2. The van der Waals surface area contributed by atoms with Gasteiger partial charge in [-0.05, 0) is 32.0 Å². The molecule has 0 radical (unpaired) electrons. The second kappa shape index (κ2) is 7.19. The molecule has 1 heterocycles. The molecule has 0 saturated heterocycles. The highest BCUT2D eigenvalue weighted by Gasteiger charge is 2.28. The van der Waals surface area contributed by atoms with E-state index in [9.17, 15) is 9.18 Å². The maximum Gasteiger partial charge on any atom is 0.234 e. The standard InChI is InChI=1S/C19H18FN3OS/c1-19(2)22-17(13-7-4-3-5-8-13)18(23-19)25-12-16(24)21-15-10-6-9-14(20)11-15/h3-11H,12H2,1-2H3,(H,21,24). The van der Waals surface area contributed by atoms with Gasteiger partial charge in [0, 0.05) is 11.3 Å². The molecule has 0 bridgehead atoms. The van der Waals surface area contributed by atoms with Gasteiger partial charge in [0.2, 0.25) is 5.91 Å². The minimum absolute atomic E-state index is 0.178. The van der Waals surface area contributed by atoms with Crippen molar-refractivity contribution in [1.82, 2.24) is 0 Å². The van der Waals surface area contributed by atoms with Crippen molar-refractivity contribution in [1.29, 1.82) is 0 Å². The average molecular weight is 355 g/mol. The number of anilines is 1. The topological polar surface area (TPSA) is 53.8 Å². The van der Waals surface area contributed by atoms with E-state index in [0.717, 1.165) is 16.3 Å². The Balaban J connectivity index is 1.67. The molecule has 1 amide bonds. The van der Waals surface area contributed by atoms with E-state index in [4.69, 9.17) is 0 Å².